The maximum atomic E-state index is 11.6. The summed E-state index contributed by atoms with van der Waals surface area (Å²) >= 11 is 24.6. The van der Waals surface area contributed by atoms with Crippen LogP contribution in [0.15, 0.2) is 0 Å². The molecule has 1 saturated heterocycles. The van der Waals surface area contributed by atoms with E-state index < -0.39 is 16.6 Å². The number of nitrogens with one attached hydrogen (secondary N) is 1. The van der Waals surface area contributed by atoms with Gasteiger partial charge in [-0.05, 0) is 6.42 Å². The predicted molar refractivity (Wildman–Crippen MR) is 101 cm³/mol. The summed E-state index contributed by atoms with van der Waals surface area (Å²) in [6.45, 7) is 3.73. The van der Waals surface area contributed by atoms with Crippen LogP contribution in [0.5, 0.6) is 0 Å². The highest BCUT2D eigenvalue weighted by atomic mass is 35.6. The molecule has 2 atom stereocenters. The molecule has 1 rings (SSSR count). The van der Waals surface area contributed by atoms with Crippen LogP contribution in [0, 0.1) is 5.92 Å². The lowest BCUT2D eigenvalue weighted by Gasteiger charge is -2.36. The van der Waals surface area contributed by atoms with Gasteiger partial charge in [-0.2, -0.15) is 0 Å². The maximum absolute atomic E-state index is 11.6. The number of halogens is 3. The van der Waals surface area contributed by atoms with Crippen LogP contribution >= 0.6 is 70.5 Å². The zero-order valence-corrected chi connectivity index (χ0v) is 17.1. The third-order valence-corrected chi connectivity index (χ3v) is 5.58. The Balaban J connectivity index is 2.26. The van der Waals surface area contributed by atoms with E-state index in [-0.39, 0.29) is 23.8 Å². The van der Waals surface area contributed by atoms with E-state index in [1.807, 2.05) is 13.8 Å². The number of carbonyl (C=O) groups is 2. The minimum absolute atomic E-state index is 0.0396. The fourth-order valence-electron chi connectivity index (χ4n) is 1.56. The molecule has 0 aromatic carbocycles. The zero-order valence-electron chi connectivity index (χ0n) is 12.3. The van der Waals surface area contributed by atoms with Gasteiger partial charge in [0.05, 0.1) is 17.9 Å². The van der Waals surface area contributed by atoms with Crippen molar-refractivity contribution in [2.45, 2.75) is 34.7 Å². The second-order valence-corrected chi connectivity index (χ2v) is 11.3. The highest BCUT2D eigenvalue weighted by Crippen LogP contribution is 2.33. The van der Waals surface area contributed by atoms with Gasteiger partial charge in [0.15, 0.2) is 0 Å². The van der Waals surface area contributed by atoms with E-state index in [9.17, 15) is 9.59 Å². The topological polar surface area (TPSA) is 64.6 Å². The number of amides is 1. The fourth-order valence-corrected chi connectivity index (χ4v) is 4.91. The molecular weight excluding hydrogens is 425 g/mol. The number of carbonyl (C=O) groups excluding carboxylic acids is 2. The van der Waals surface area contributed by atoms with E-state index in [4.69, 9.17) is 51.8 Å². The Labute approximate surface area is 163 Å². The lowest BCUT2D eigenvalue weighted by atomic mass is 9.98. The van der Waals surface area contributed by atoms with Gasteiger partial charge in [-0.1, -0.05) is 72.6 Å². The Morgan fingerprint density at radius 1 is 1.39 bits per heavy atom. The summed E-state index contributed by atoms with van der Waals surface area (Å²) < 4.78 is 8.55. The summed E-state index contributed by atoms with van der Waals surface area (Å²) in [7, 11) is 0. The lowest BCUT2D eigenvalue weighted by Crippen LogP contribution is -2.56. The lowest BCUT2D eigenvalue weighted by molar-refractivity contribution is -0.133. The average molecular weight is 441 g/mol. The van der Waals surface area contributed by atoms with Gasteiger partial charge in [0.2, 0.25) is 9.70 Å². The first-order valence-corrected chi connectivity index (χ1v) is 9.92. The van der Waals surface area contributed by atoms with Crippen molar-refractivity contribution >= 4 is 86.1 Å². The number of β-lactam (4-membered cyclic amide) rings is 1. The smallest absolute Gasteiger partial charge is 0.434 e. The van der Waals surface area contributed by atoms with E-state index in [0.29, 0.717) is 11.7 Å². The molecule has 0 unspecified atom stereocenters. The van der Waals surface area contributed by atoms with Crippen LogP contribution in [-0.2, 0) is 14.3 Å². The highest BCUT2D eigenvalue weighted by Gasteiger charge is 2.40. The number of alkyl halides is 3. The molecule has 1 N–H and O–H groups in total. The Morgan fingerprint density at radius 2 is 2.04 bits per heavy atom. The van der Waals surface area contributed by atoms with Crippen LogP contribution in [0.25, 0.3) is 0 Å². The summed E-state index contributed by atoms with van der Waals surface area (Å²) in [5.41, 5.74) is 0. The molecule has 1 aliphatic heterocycles. The van der Waals surface area contributed by atoms with Gasteiger partial charge in [-0.3, -0.25) is 4.79 Å². The molecule has 1 fully saturated rings. The molecule has 5 nitrogen and oxygen atoms in total. The molecule has 1 amide bonds. The van der Waals surface area contributed by atoms with E-state index in [2.05, 4.69) is 10.1 Å². The van der Waals surface area contributed by atoms with Crippen molar-refractivity contribution in [3.05, 3.63) is 0 Å². The van der Waals surface area contributed by atoms with Crippen molar-refractivity contribution in [1.82, 2.24) is 5.32 Å². The third kappa shape index (κ3) is 8.88. The van der Waals surface area contributed by atoms with Crippen molar-refractivity contribution in [2.75, 3.05) is 13.2 Å². The van der Waals surface area contributed by atoms with Crippen LogP contribution in [-0.4, -0.2) is 43.2 Å². The standard InChI is InChI=1S/C12H16Cl3NO4S3/c1-6(2)22-11(21)23-9-7(8(17)16-9)3-4-19-10(18)20-5-12(13,14)15/h6-7,9H,3-5H2,1-2H3,(H,16,17)/t7-,9+/m0/s1. The van der Waals surface area contributed by atoms with Crippen LogP contribution in [0.1, 0.15) is 20.3 Å². The van der Waals surface area contributed by atoms with Gasteiger partial charge in [0.25, 0.3) is 0 Å². The van der Waals surface area contributed by atoms with Gasteiger partial charge in [-0.15, -0.1) is 11.8 Å². The van der Waals surface area contributed by atoms with Gasteiger partial charge >= 0.3 is 6.16 Å². The fraction of sp³-hybridized carbons (Fsp3) is 0.750. The first kappa shape index (κ1) is 21.4. The molecule has 23 heavy (non-hydrogen) atoms. The van der Waals surface area contributed by atoms with Crippen LogP contribution in [0.2, 0.25) is 0 Å². The Bertz CT molecular complexity index is 459. The maximum Gasteiger partial charge on any atom is 0.508 e. The van der Waals surface area contributed by atoms with Crippen molar-refractivity contribution in [2.24, 2.45) is 5.92 Å². The molecule has 1 aliphatic rings. The molecule has 0 spiro atoms. The van der Waals surface area contributed by atoms with Crippen LogP contribution in [0.4, 0.5) is 4.79 Å². The summed E-state index contributed by atoms with van der Waals surface area (Å²) in [6.07, 6.45) is -0.562. The van der Waals surface area contributed by atoms with Crippen molar-refractivity contribution in [3.63, 3.8) is 0 Å². The second kappa shape index (κ2) is 9.77. The van der Waals surface area contributed by atoms with Crippen molar-refractivity contribution < 1.29 is 19.1 Å². The molecular formula is C12H16Cl3NO4S3. The minimum Gasteiger partial charge on any atom is -0.434 e. The third-order valence-electron chi connectivity index (χ3n) is 2.54. The van der Waals surface area contributed by atoms with Gasteiger partial charge in [0.1, 0.15) is 10.1 Å². The quantitative estimate of drug-likeness (QED) is 0.288. The normalized spacial score (nSPS) is 20.7. The predicted octanol–water partition coefficient (Wildman–Crippen LogP) is 4.13. The van der Waals surface area contributed by atoms with E-state index >= 15 is 0 Å². The Kier molecular flexibility index (Phi) is 9.11. The van der Waals surface area contributed by atoms with Gasteiger partial charge in [0, 0.05) is 5.25 Å². The van der Waals surface area contributed by atoms with Crippen molar-refractivity contribution in [3.8, 4) is 0 Å². The molecule has 132 valence electrons. The number of ether oxygens (including phenoxy) is 2. The largest absolute Gasteiger partial charge is 0.508 e. The summed E-state index contributed by atoms with van der Waals surface area (Å²) in [5.74, 6) is -0.343. The SMILES string of the molecule is CC(C)SC(=S)S[C@H]1NC(=O)[C@@H]1CCOC(=O)OCC(Cl)(Cl)Cl. The van der Waals surface area contributed by atoms with Crippen LogP contribution < -0.4 is 5.32 Å². The van der Waals surface area contributed by atoms with Gasteiger partial charge in [-0.25, -0.2) is 4.79 Å². The zero-order chi connectivity index (χ0) is 17.6. The monoisotopic (exact) mass is 439 g/mol. The van der Waals surface area contributed by atoms with Crippen molar-refractivity contribution in [1.29, 1.82) is 0 Å². The first-order chi connectivity index (χ1) is 10.6. The van der Waals surface area contributed by atoms with Gasteiger partial charge < -0.3 is 14.8 Å². The Hall–Kier alpha value is 0.400. The molecule has 0 radical (unpaired) electrons. The number of rotatable bonds is 6. The Morgan fingerprint density at radius 3 is 2.57 bits per heavy atom. The molecule has 11 heteroatoms. The minimum atomic E-state index is -1.68. The molecule has 0 aromatic heterocycles. The molecule has 0 bridgehead atoms. The second-order valence-electron chi connectivity index (χ2n) is 4.86. The molecule has 0 saturated carbocycles. The summed E-state index contributed by atoms with van der Waals surface area (Å²) in [5, 5.41) is 3.07. The van der Waals surface area contributed by atoms with Crippen LogP contribution in [0.3, 0.4) is 0 Å². The molecule has 0 aromatic rings. The highest BCUT2D eigenvalue weighted by molar-refractivity contribution is 8.47. The molecule has 1 heterocycles. The van der Waals surface area contributed by atoms with E-state index in [1.165, 1.54) is 11.8 Å². The van der Waals surface area contributed by atoms with E-state index in [0.717, 1.165) is 3.53 Å². The number of hydrogen-bond acceptors (Lipinski definition) is 7. The average Bonchev–Trinajstić information content (AvgIpc) is 2.39. The number of thioether (sulfide) groups is 2. The first-order valence-electron chi connectivity index (χ1n) is 6.62. The number of thiocarbonyl (C=S) groups is 1. The summed E-state index contributed by atoms with van der Waals surface area (Å²) in [6, 6.07) is 0. The molecule has 0 aliphatic carbocycles. The summed E-state index contributed by atoms with van der Waals surface area (Å²) in [4.78, 5) is 22.9. The number of hydrogen-bond donors (Lipinski definition) is 1. The van der Waals surface area contributed by atoms with E-state index in [1.54, 1.807) is 11.8 Å².